The van der Waals surface area contributed by atoms with Gasteiger partial charge in [-0.3, -0.25) is 14.5 Å². The fourth-order valence-corrected chi connectivity index (χ4v) is 5.69. The summed E-state index contributed by atoms with van der Waals surface area (Å²) in [5.74, 6) is 1.61. The summed E-state index contributed by atoms with van der Waals surface area (Å²) in [6, 6.07) is 0.837. The van der Waals surface area contributed by atoms with Gasteiger partial charge in [-0.05, 0) is 51.0 Å². The highest BCUT2D eigenvalue weighted by atomic mass is 16.5. The molecule has 2 bridgehead atoms. The molecule has 2 amide bonds. The summed E-state index contributed by atoms with van der Waals surface area (Å²) < 4.78 is 5.31. The van der Waals surface area contributed by atoms with E-state index in [0.29, 0.717) is 48.2 Å². The summed E-state index contributed by atoms with van der Waals surface area (Å²) in [6.45, 7) is 8.76. The van der Waals surface area contributed by atoms with Crippen molar-refractivity contribution >= 4 is 11.8 Å². The van der Waals surface area contributed by atoms with Crippen LogP contribution in [-0.2, 0) is 11.2 Å². The first-order chi connectivity index (χ1) is 13.5. The quantitative estimate of drug-likeness (QED) is 0.853. The zero-order chi connectivity index (χ0) is 19.8. The van der Waals surface area contributed by atoms with Gasteiger partial charge in [-0.15, -0.1) is 0 Å². The molecule has 4 heterocycles. The van der Waals surface area contributed by atoms with Crippen molar-refractivity contribution in [3.63, 3.8) is 0 Å². The van der Waals surface area contributed by atoms with E-state index < -0.39 is 0 Å². The Morgan fingerprint density at radius 1 is 1.25 bits per heavy atom. The van der Waals surface area contributed by atoms with E-state index in [-0.39, 0.29) is 11.8 Å². The predicted octanol–water partition coefficient (Wildman–Crippen LogP) is 2.00. The number of piperidine rings is 3. The first-order valence-electron chi connectivity index (χ1n) is 10.7. The van der Waals surface area contributed by atoms with Crippen LogP contribution in [0.3, 0.4) is 0 Å². The van der Waals surface area contributed by atoms with Gasteiger partial charge in [0.2, 0.25) is 5.91 Å². The molecular formula is C21H32N4O3. The molecule has 154 valence electrons. The number of likely N-dealkylation sites (tertiary alicyclic amines) is 1. The zero-order valence-corrected chi connectivity index (χ0v) is 17.2. The minimum atomic E-state index is 0.0205. The Morgan fingerprint density at radius 2 is 2.04 bits per heavy atom. The molecule has 1 aromatic rings. The van der Waals surface area contributed by atoms with Crippen molar-refractivity contribution in [1.82, 2.24) is 20.3 Å². The van der Waals surface area contributed by atoms with Gasteiger partial charge >= 0.3 is 0 Å². The second kappa shape index (κ2) is 7.85. The number of carbonyl (C=O) groups excluding carboxylic acids is 2. The number of carbonyl (C=O) groups is 2. The van der Waals surface area contributed by atoms with E-state index in [1.54, 1.807) is 6.92 Å². The van der Waals surface area contributed by atoms with Crippen molar-refractivity contribution in [2.24, 2.45) is 11.8 Å². The lowest BCUT2D eigenvalue weighted by atomic mass is 9.72. The SMILES string of the molecule is CCc1noc(C)c1C(=O)N1C[C@H]2C[C@@H](C1)[C@H](CNC(C)=O)N1CCCC[C@@H]21. The van der Waals surface area contributed by atoms with Crippen molar-refractivity contribution < 1.29 is 14.1 Å². The molecule has 0 spiro atoms. The Bertz CT molecular complexity index is 746. The Morgan fingerprint density at radius 3 is 2.79 bits per heavy atom. The third-order valence-corrected chi connectivity index (χ3v) is 6.95. The van der Waals surface area contributed by atoms with Gasteiger partial charge in [-0.25, -0.2) is 0 Å². The van der Waals surface area contributed by atoms with E-state index >= 15 is 0 Å². The van der Waals surface area contributed by atoms with Crippen molar-refractivity contribution in [3.05, 3.63) is 17.0 Å². The molecule has 0 saturated carbocycles. The van der Waals surface area contributed by atoms with Crippen LogP contribution in [0.4, 0.5) is 0 Å². The first-order valence-corrected chi connectivity index (χ1v) is 10.7. The minimum absolute atomic E-state index is 0.0205. The third kappa shape index (κ3) is 3.45. The maximum atomic E-state index is 13.4. The van der Waals surface area contributed by atoms with Crippen LogP contribution >= 0.6 is 0 Å². The average molecular weight is 389 g/mol. The predicted molar refractivity (Wildman–Crippen MR) is 105 cm³/mol. The van der Waals surface area contributed by atoms with Gasteiger partial charge in [0.1, 0.15) is 11.3 Å². The molecule has 3 aliphatic rings. The molecule has 0 unspecified atom stereocenters. The molecule has 0 aromatic carbocycles. The molecule has 7 nitrogen and oxygen atoms in total. The van der Waals surface area contributed by atoms with Crippen molar-refractivity contribution in [1.29, 1.82) is 0 Å². The van der Waals surface area contributed by atoms with Crippen molar-refractivity contribution in [2.75, 3.05) is 26.2 Å². The van der Waals surface area contributed by atoms with Crippen LogP contribution < -0.4 is 5.32 Å². The standard InChI is InChI=1S/C21H32N4O3/c1-4-17-20(13(2)28-23-17)21(27)24-11-15-9-16(12-24)19(10-22-14(3)26)25-8-6-5-7-18(15)25/h15-16,18-19H,4-12H2,1-3H3,(H,22,26)/t15-,16+,18+,19+/m1/s1. The number of aryl methyl sites for hydroxylation is 2. The monoisotopic (exact) mass is 388 g/mol. The lowest BCUT2D eigenvalue weighted by molar-refractivity contribution is -0.120. The van der Waals surface area contributed by atoms with E-state index in [1.165, 1.54) is 19.3 Å². The maximum Gasteiger partial charge on any atom is 0.259 e. The number of fused-ring (bicyclic) bond motifs is 4. The van der Waals surface area contributed by atoms with Crippen LogP contribution in [0, 0.1) is 18.8 Å². The number of rotatable bonds is 4. The molecular weight excluding hydrogens is 356 g/mol. The largest absolute Gasteiger partial charge is 0.361 e. The zero-order valence-electron chi connectivity index (χ0n) is 17.2. The molecule has 4 atom stereocenters. The Balaban J connectivity index is 1.58. The molecule has 0 radical (unpaired) electrons. The highest BCUT2D eigenvalue weighted by molar-refractivity contribution is 5.96. The molecule has 1 aromatic heterocycles. The van der Waals surface area contributed by atoms with Crippen LogP contribution in [0.15, 0.2) is 4.52 Å². The van der Waals surface area contributed by atoms with Crippen LogP contribution in [0.1, 0.15) is 61.3 Å². The van der Waals surface area contributed by atoms with Gasteiger partial charge in [0.25, 0.3) is 5.91 Å². The molecule has 1 N–H and O–H groups in total. The van der Waals surface area contributed by atoms with Gasteiger partial charge in [-0.1, -0.05) is 18.5 Å². The van der Waals surface area contributed by atoms with Gasteiger partial charge in [0, 0.05) is 38.6 Å². The molecule has 28 heavy (non-hydrogen) atoms. The Labute approximate surface area is 166 Å². The fourth-order valence-electron chi connectivity index (χ4n) is 5.69. The van der Waals surface area contributed by atoms with Gasteiger partial charge in [-0.2, -0.15) is 0 Å². The summed E-state index contributed by atoms with van der Waals surface area (Å²) in [4.78, 5) is 29.6. The lowest BCUT2D eigenvalue weighted by Gasteiger charge is -2.56. The fraction of sp³-hybridized carbons (Fsp3) is 0.762. The summed E-state index contributed by atoms with van der Waals surface area (Å²) in [6.07, 6.45) is 5.53. The topological polar surface area (TPSA) is 78.7 Å². The van der Waals surface area contributed by atoms with Gasteiger partial charge < -0.3 is 14.7 Å². The normalized spacial score (nSPS) is 30.0. The number of nitrogens with one attached hydrogen (secondary N) is 1. The molecule has 0 aliphatic carbocycles. The third-order valence-electron chi connectivity index (χ3n) is 6.95. The van der Waals surface area contributed by atoms with Crippen molar-refractivity contribution in [3.8, 4) is 0 Å². The van der Waals surface area contributed by atoms with Gasteiger partial charge in [0.15, 0.2) is 0 Å². The number of aromatic nitrogens is 1. The highest BCUT2D eigenvalue weighted by Crippen LogP contribution is 2.41. The smallest absolute Gasteiger partial charge is 0.259 e. The second-order valence-electron chi connectivity index (χ2n) is 8.69. The number of amides is 2. The number of nitrogens with zero attached hydrogens (tertiary/aromatic N) is 3. The van der Waals surface area contributed by atoms with E-state index in [1.807, 2.05) is 18.7 Å². The Kier molecular flexibility index (Phi) is 5.45. The van der Waals surface area contributed by atoms with Crippen LogP contribution in [-0.4, -0.2) is 65.0 Å². The molecule has 3 fully saturated rings. The molecule has 3 saturated heterocycles. The Hall–Kier alpha value is -1.89. The minimum Gasteiger partial charge on any atom is -0.361 e. The molecule has 3 aliphatic heterocycles. The molecule has 7 heteroatoms. The van der Waals surface area contributed by atoms with Crippen LogP contribution in [0.2, 0.25) is 0 Å². The number of hydrogen-bond acceptors (Lipinski definition) is 5. The summed E-state index contributed by atoms with van der Waals surface area (Å²) in [5, 5.41) is 7.11. The van der Waals surface area contributed by atoms with E-state index in [0.717, 1.165) is 31.7 Å². The van der Waals surface area contributed by atoms with Crippen molar-refractivity contribution in [2.45, 2.75) is 65.0 Å². The van der Waals surface area contributed by atoms with Crippen LogP contribution in [0.25, 0.3) is 0 Å². The first kappa shape index (κ1) is 19.4. The summed E-state index contributed by atoms with van der Waals surface area (Å²) in [5.41, 5.74) is 1.41. The average Bonchev–Trinajstić information content (AvgIpc) is 3.07. The molecule has 4 rings (SSSR count). The van der Waals surface area contributed by atoms with E-state index in [4.69, 9.17) is 4.52 Å². The van der Waals surface area contributed by atoms with E-state index in [2.05, 4.69) is 15.4 Å². The van der Waals surface area contributed by atoms with E-state index in [9.17, 15) is 9.59 Å². The lowest BCUT2D eigenvalue weighted by Crippen LogP contribution is -2.66. The van der Waals surface area contributed by atoms with Crippen LogP contribution in [0.5, 0.6) is 0 Å². The maximum absolute atomic E-state index is 13.4. The summed E-state index contributed by atoms with van der Waals surface area (Å²) >= 11 is 0. The summed E-state index contributed by atoms with van der Waals surface area (Å²) in [7, 11) is 0. The van der Waals surface area contributed by atoms with Gasteiger partial charge in [0.05, 0.1) is 5.69 Å². The highest BCUT2D eigenvalue weighted by Gasteiger charge is 2.48. The second-order valence-corrected chi connectivity index (χ2v) is 8.69. The number of hydrogen-bond donors (Lipinski definition) is 1.